The summed E-state index contributed by atoms with van der Waals surface area (Å²) >= 11 is -0.0538. The zero-order chi connectivity index (χ0) is 17.2. The first-order chi connectivity index (χ1) is 12.2. The van der Waals surface area contributed by atoms with Crippen molar-refractivity contribution in [3.63, 3.8) is 0 Å². The molecule has 3 aromatic carbocycles. The van der Waals surface area contributed by atoms with Gasteiger partial charge in [-0.1, -0.05) is 0 Å². The molecule has 25 heavy (non-hydrogen) atoms. The molecule has 4 rings (SSSR count). The average Bonchev–Trinajstić information content (AvgIpc) is 2.66. The van der Waals surface area contributed by atoms with Gasteiger partial charge in [0.2, 0.25) is 0 Å². The molecular weight excluding hydrogens is 382 g/mol. The topological polar surface area (TPSA) is 30.2 Å². The van der Waals surface area contributed by atoms with E-state index in [1.54, 1.807) is 18.2 Å². The zero-order valence-corrected chi connectivity index (χ0v) is 14.8. The molecule has 0 atom stereocenters. The van der Waals surface area contributed by atoms with Gasteiger partial charge in [0.1, 0.15) is 0 Å². The summed E-state index contributed by atoms with van der Waals surface area (Å²) in [6.45, 7) is 0. The second kappa shape index (κ2) is 6.67. The molecule has 0 aliphatic heterocycles. The Morgan fingerprint density at radius 2 is 1.40 bits per heavy atom. The van der Waals surface area contributed by atoms with E-state index < -0.39 is 0 Å². The zero-order valence-electron chi connectivity index (χ0n) is 13.1. The Bertz CT molecular complexity index is 1090. The van der Waals surface area contributed by atoms with Gasteiger partial charge in [-0.3, -0.25) is 0 Å². The molecule has 0 saturated heterocycles. The second-order valence-electron chi connectivity index (χ2n) is 5.52. The average molecular weight is 395 g/mol. The summed E-state index contributed by atoms with van der Waals surface area (Å²) in [6, 6.07) is 23.6. The van der Waals surface area contributed by atoms with Crippen LogP contribution in [0.2, 0.25) is 0 Å². The van der Waals surface area contributed by atoms with Gasteiger partial charge >= 0.3 is 150 Å². The van der Waals surface area contributed by atoms with Gasteiger partial charge < -0.3 is 0 Å². The van der Waals surface area contributed by atoms with Crippen LogP contribution in [0.15, 0.2) is 88.1 Å². The summed E-state index contributed by atoms with van der Waals surface area (Å²) in [6.07, 6.45) is 0. The summed E-state index contributed by atoms with van der Waals surface area (Å²) < 4.78 is 21.1. The molecule has 1 heterocycles. The maximum atomic E-state index is 13.3. The Kier molecular flexibility index (Phi) is 4.22. The molecule has 0 N–H and O–H groups in total. The van der Waals surface area contributed by atoms with Crippen molar-refractivity contribution >= 4 is 34.7 Å². The van der Waals surface area contributed by atoms with Crippen molar-refractivity contribution in [1.29, 1.82) is 0 Å². The van der Waals surface area contributed by atoms with Crippen molar-refractivity contribution in [3.05, 3.63) is 95.1 Å². The van der Waals surface area contributed by atoms with Crippen LogP contribution in [-0.2, 0) is 0 Å². The van der Waals surface area contributed by atoms with E-state index in [9.17, 15) is 9.18 Å². The molecule has 4 heteroatoms. The van der Waals surface area contributed by atoms with Crippen LogP contribution >= 0.6 is 0 Å². The molecule has 0 fully saturated rings. The number of hydrogen-bond acceptors (Lipinski definition) is 2. The Hall–Kier alpha value is -2.68. The molecule has 0 amide bonds. The summed E-state index contributed by atoms with van der Waals surface area (Å²) in [5, 5.41) is 1.46. The molecule has 1 aromatic heterocycles. The van der Waals surface area contributed by atoms with Gasteiger partial charge in [-0.05, 0) is 0 Å². The van der Waals surface area contributed by atoms with E-state index in [0.29, 0.717) is 16.7 Å². The van der Waals surface area contributed by atoms with Crippen LogP contribution in [0.1, 0.15) is 0 Å². The molecule has 0 spiro atoms. The van der Waals surface area contributed by atoms with Crippen molar-refractivity contribution in [3.8, 4) is 11.3 Å². The van der Waals surface area contributed by atoms with Gasteiger partial charge in [0, 0.05) is 0 Å². The third-order valence-electron chi connectivity index (χ3n) is 3.86. The van der Waals surface area contributed by atoms with Crippen molar-refractivity contribution in [1.82, 2.24) is 0 Å². The van der Waals surface area contributed by atoms with Gasteiger partial charge in [-0.2, -0.15) is 0 Å². The van der Waals surface area contributed by atoms with Crippen molar-refractivity contribution in [2.75, 3.05) is 0 Å². The fourth-order valence-corrected chi connectivity index (χ4v) is 4.92. The first-order valence-corrected chi connectivity index (χ1v) is 9.48. The van der Waals surface area contributed by atoms with Crippen LogP contribution in [-0.4, -0.2) is 15.0 Å². The van der Waals surface area contributed by atoms with E-state index in [2.05, 4.69) is 12.1 Å². The van der Waals surface area contributed by atoms with Gasteiger partial charge in [-0.15, -0.1) is 0 Å². The first kappa shape index (κ1) is 15.8. The van der Waals surface area contributed by atoms with Gasteiger partial charge in [-0.25, -0.2) is 0 Å². The Morgan fingerprint density at radius 3 is 2.12 bits per heavy atom. The quantitative estimate of drug-likeness (QED) is 0.499. The maximum absolute atomic E-state index is 13.3. The van der Waals surface area contributed by atoms with Crippen LogP contribution in [0, 0.1) is 5.82 Å². The fourth-order valence-electron chi connectivity index (χ4n) is 2.67. The number of halogens is 1. The summed E-state index contributed by atoms with van der Waals surface area (Å²) in [7, 11) is 0. The number of fused-ring (bicyclic) bond motifs is 1. The normalized spacial score (nSPS) is 10.9. The van der Waals surface area contributed by atoms with Gasteiger partial charge in [0.25, 0.3) is 0 Å². The summed E-state index contributed by atoms with van der Waals surface area (Å²) in [5.74, 6) is 0.203. The molecule has 0 saturated carbocycles. The predicted molar refractivity (Wildman–Crippen MR) is 99.3 cm³/mol. The van der Waals surface area contributed by atoms with E-state index in [4.69, 9.17) is 4.42 Å². The molecule has 2 nitrogen and oxygen atoms in total. The third-order valence-corrected chi connectivity index (χ3v) is 6.21. The molecule has 0 aliphatic carbocycles. The van der Waals surface area contributed by atoms with Crippen molar-refractivity contribution < 1.29 is 8.81 Å². The van der Waals surface area contributed by atoms with Crippen LogP contribution < -0.4 is 14.5 Å². The monoisotopic (exact) mass is 396 g/mol. The number of rotatable bonds is 3. The molecule has 0 bridgehead atoms. The van der Waals surface area contributed by atoms with Crippen LogP contribution in [0.3, 0.4) is 0 Å². The second-order valence-corrected chi connectivity index (χ2v) is 7.79. The molecule has 0 radical (unpaired) electrons. The predicted octanol–water partition coefficient (Wildman–Crippen LogP) is 3.25. The van der Waals surface area contributed by atoms with Gasteiger partial charge in [0.15, 0.2) is 0 Å². The molecule has 122 valence electrons. The molecular formula is C21H13FO2Se. The van der Waals surface area contributed by atoms with E-state index in [1.807, 2.05) is 36.4 Å². The standard InChI is InChI=1S/C21H13FO2Se/c22-15-12-10-14(11-13-15)19-20(25-16-6-2-1-3-7-16)17-8-4-5-9-18(17)21(23)24-19/h1-13H. The first-order valence-electron chi connectivity index (χ1n) is 7.77. The van der Waals surface area contributed by atoms with Crippen molar-refractivity contribution in [2.24, 2.45) is 0 Å². The van der Waals surface area contributed by atoms with Crippen molar-refractivity contribution in [2.45, 2.75) is 0 Å². The van der Waals surface area contributed by atoms with E-state index >= 15 is 0 Å². The molecule has 4 aromatic rings. The molecule has 0 unspecified atom stereocenters. The minimum atomic E-state index is -0.373. The Labute approximate surface area is 150 Å². The fraction of sp³-hybridized carbons (Fsp3) is 0. The summed E-state index contributed by atoms with van der Waals surface area (Å²) in [4.78, 5) is 12.4. The SMILES string of the molecule is O=c1oc(-c2ccc(F)cc2)c([Se]c2ccccc2)c2ccccc12. The van der Waals surface area contributed by atoms with E-state index in [-0.39, 0.29) is 26.4 Å². The van der Waals surface area contributed by atoms with Crippen LogP contribution in [0.4, 0.5) is 4.39 Å². The van der Waals surface area contributed by atoms with Gasteiger partial charge in [0.05, 0.1) is 0 Å². The number of benzene rings is 3. The van der Waals surface area contributed by atoms with E-state index in [1.165, 1.54) is 16.6 Å². The Morgan fingerprint density at radius 1 is 0.760 bits per heavy atom. The number of hydrogen-bond donors (Lipinski definition) is 0. The van der Waals surface area contributed by atoms with Crippen LogP contribution in [0.25, 0.3) is 22.1 Å². The van der Waals surface area contributed by atoms with Crippen LogP contribution in [0.5, 0.6) is 0 Å². The third kappa shape index (κ3) is 3.14. The summed E-state index contributed by atoms with van der Waals surface area (Å²) in [5.41, 5.74) is 0.333. The van der Waals surface area contributed by atoms with E-state index in [0.717, 1.165) is 9.85 Å². The molecule has 0 aliphatic rings. The Balaban J connectivity index is 1.99. The minimum absolute atomic E-state index is 0.0538.